The maximum Gasteiger partial charge on any atom is 0.321 e. The summed E-state index contributed by atoms with van der Waals surface area (Å²) in [7, 11) is 1.67. The Bertz CT molecular complexity index is 1050. The van der Waals surface area contributed by atoms with Crippen LogP contribution >= 0.6 is 0 Å². The summed E-state index contributed by atoms with van der Waals surface area (Å²) in [5.74, 6) is 1.71. The molecule has 1 saturated heterocycles. The van der Waals surface area contributed by atoms with Gasteiger partial charge in [0, 0.05) is 19.5 Å². The minimum atomic E-state index is -0.126. The highest BCUT2D eigenvalue weighted by molar-refractivity contribution is 5.89. The maximum absolute atomic E-state index is 12.3. The molecule has 32 heavy (non-hydrogen) atoms. The van der Waals surface area contributed by atoms with E-state index in [0.29, 0.717) is 25.4 Å². The molecular formula is C25H27N3O4. The molecule has 1 N–H and O–H groups in total. The zero-order valence-corrected chi connectivity index (χ0v) is 18.1. The van der Waals surface area contributed by atoms with Gasteiger partial charge in [0.25, 0.3) is 0 Å². The fourth-order valence-electron chi connectivity index (χ4n) is 3.65. The SMILES string of the molecule is COc1cccc(CCOc2cccc(C=C3CCN(C(=O)Nc4cnoc4)CC3)c2)c1. The van der Waals surface area contributed by atoms with E-state index >= 15 is 0 Å². The Hall–Kier alpha value is -3.74. The van der Waals surface area contributed by atoms with Crippen LogP contribution in [0, 0.1) is 0 Å². The molecule has 0 spiro atoms. The summed E-state index contributed by atoms with van der Waals surface area (Å²) < 4.78 is 16.0. The fraction of sp³-hybridized carbons (Fsp3) is 0.280. The predicted octanol–water partition coefficient (Wildman–Crippen LogP) is 5.02. The topological polar surface area (TPSA) is 76.8 Å². The second-order valence-electron chi connectivity index (χ2n) is 7.66. The smallest absolute Gasteiger partial charge is 0.321 e. The maximum atomic E-state index is 12.3. The molecule has 1 aliphatic rings. The Morgan fingerprint density at radius 3 is 2.75 bits per heavy atom. The minimum Gasteiger partial charge on any atom is -0.497 e. The third kappa shape index (κ3) is 5.91. The van der Waals surface area contributed by atoms with E-state index in [4.69, 9.17) is 14.0 Å². The lowest BCUT2D eigenvalue weighted by atomic mass is 10.0. The summed E-state index contributed by atoms with van der Waals surface area (Å²) in [4.78, 5) is 14.1. The molecule has 7 heteroatoms. The zero-order valence-electron chi connectivity index (χ0n) is 18.1. The number of amides is 2. The fourth-order valence-corrected chi connectivity index (χ4v) is 3.65. The zero-order chi connectivity index (χ0) is 22.2. The van der Waals surface area contributed by atoms with Gasteiger partial charge in [-0.05, 0) is 48.2 Å². The molecule has 2 amide bonds. The first-order valence-corrected chi connectivity index (χ1v) is 10.7. The van der Waals surface area contributed by atoms with Crippen LogP contribution in [0.2, 0.25) is 0 Å². The monoisotopic (exact) mass is 433 g/mol. The van der Waals surface area contributed by atoms with Crippen molar-refractivity contribution in [1.29, 1.82) is 0 Å². The first-order valence-electron chi connectivity index (χ1n) is 10.7. The lowest BCUT2D eigenvalue weighted by Crippen LogP contribution is -2.39. The predicted molar refractivity (Wildman–Crippen MR) is 123 cm³/mol. The standard InChI is InChI=1S/C25H27N3O4/c1-30-23-6-2-4-19(15-23)10-13-31-24-7-3-5-21(16-24)14-20-8-11-28(12-9-20)25(29)27-22-17-26-32-18-22/h2-7,14-18H,8-13H2,1H3,(H,27,29). The van der Waals surface area contributed by atoms with Gasteiger partial charge in [-0.1, -0.05) is 41.1 Å². The molecule has 4 rings (SSSR count). The van der Waals surface area contributed by atoms with Gasteiger partial charge in [0.05, 0.1) is 19.9 Å². The molecule has 7 nitrogen and oxygen atoms in total. The van der Waals surface area contributed by atoms with E-state index in [2.05, 4.69) is 34.7 Å². The van der Waals surface area contributed by atoms with Crippen LogP contribution in [0.5, 0.6) is 11.5 Å². The number of urea groups is 1. The van der Waals surface area contributed by atoms with Crippen molar-refractivity contribution >= 4 is 17.8 Å². The normalized spacial score (nSPS) is 13.5. The van der Waals surface area contributed by atoms with Crippen molar-refractivity contribution < 1.29 is 18.8 Å². The van der Waals surface area contributed by atoms with Crippen molar-refractivity contribution in [2.45, 2.75) is 19.3 Å². The number of benzene rings is 2. The number of hydrogen-bond acceptors (Lipinski definition) is 5. The summed E-state index contributed by atoms with van der Waals surface area (Å²) in [6.45, 7) is 1.96. The molecule has 0 aliphatic carbocycles. The summed E-state index contributed by atoms with van der Waals surface area (Å²) in [5.41, 5.74) is 4.19. The number of piperidine rings is 1. The molecule has 0 bridgehead atoms. The summed E-state index contributed by atoms with van der Waals surface area (Å²) in [5, 5.41) is 6.38. The molecule has 1 aromatic heterocycles. The summed E-state index contributed by atoms with van der Waals surface area (Å²) in [6, 6.07) is 16.0. The van der Waals surface area contributed by atoms with Crippen molar-refractivity contribution in [1.82, 2.24) is 10.1 Å². The van der Waals surface area contributed by atoms with E-state index in [1.54, 1.807) is 7.11 Å². The van der Waals surface area contributed by atoms with Crippen LogP contribution in [0.25, 0.3) is 6.08 Å². The highest BCUT2D eigenvalue weighted by atomic mass is 16.5. The van der Waals surface area contributed by atoms with Crippen LogP contribution < -0.4 is 14.8 Å². The third-order valence-electron chi connectivity index (χ3n) is 5.40. The highest BCUT2D eigenvalue weighted by Gasteiger charge is 2.19. The van der Waals surface area contributed by atoms with E-state index in [9.17, 15) is 4.79 Å². The van der Waals surface area contributed by atoms with Crippen LogP contribution in [0.15, 0.2) is 71.1 Å². The van der Waals surface area contributed by atoms with E-state index in [0.717, 1.165) is 36.3 Å². The molecule has 1 aliphatic heterocycles. The quantitative estimate of drug-likeness (QED) is 0.566. The first kappa shape index (κ1) is 21.5. The molecule has 3 aromatic rings. The number of likely N-dealkylation sites (tertiary alicyclic amines) is 1. The molecule has 0 radical (unpaired) electrons. The number of carbonyl (C=O) groups excluding carboxylic acids is 1. The molecule has 0 saturated carbocycles. The Morgan fingerprint density at radius 1 is 1.16 bits per heavy atom. The van der Waals surface area contributed by atoms with Gasteiger partial charge in [-0.25, -0.2) is 4.79 Å². The van der Waals surface area contributed by atoms with Crippen LogP contribution in [-0.2, 0) is 6.42 Å². The van der Waals surface area contributed by atoms with Gasteiger partial charge < -0.3 is 24.2 Å². The number of nitrogens with one attached hydrogen (secondary N) is 1. The minimum absolute atomic E-state index is 0.126. The molecule has 1 fully saturated rings. The number of carbonyl (C=O) groups is 1. The van der Waals surface area contributed by atoms with Crippen molar-refractivity contribution in [3.63, 3.8) is 0 Å². The van der Waals surface area contributed by atoms with Crippen molar-refractivity contribution in [2.75, 3.05) is 32.1 Å². The van der Waals surface area contributed by atoms with E-state index in [1.165, 1.54) is 23.6 Å². The third-order valence-corrected chi connectivity index (χ3v) is 5.40. The Morgan fingerprint density at radius 2 is 1.97 bits per heavy atom. The second kappa shape index (κ2) is 10.5. The number of methoxy groups -OCH3 is 1. The van der Waals surface area contributed by atoms with E-state index < -0.39 is 0 Å². The molecule has 2 heterocycles. The van der Waals surface area contributed by atoms with Gasteiger partial charge in [-0.3, -0.25) is 0 Å². The molecule has 2 aromatic carbocycles. The van der Waals surface area contributed by atoms with E-state index in [1.807, 2.05) is 35.2 Å². The Balaban J connectivity index is 1.27. The number of anilines is 1. The lowest BCUT2D eigenvalue weighted by molar-refractivity contribution is 0.208. The second-order valence-corrected chi connectivity index (χ2v) is 7.66. The highest BCUT2D eigenvalue weighted by Crippen LogP contribution is 2.23. The summed E-state index contributed by atoms with van der Waals surface area (Å²) >= 11 is 0. The summed E-state index contributed by atoms with van der Waals surface area (Å²) in [6.07, 6.45) is 7.60. The number of aromatic nitrogens is 1. The van der Waals surface area contributed by atoms with Gasteiger partial charge in [-0.15, -0.1) is 0 Å². The van der Waals surface area contributed by atoms with Gasteiger partial charge in [-0.2, -0.15) is 0 Å². The van der Waals surface area contributed by atoms with Gasteiger partial charge in [0.15, 0.2) is 0 Å². The molecule has 166 valence electrons. The first-order chi connectivity index (χ1) is 15.7. The molecular weight excluding hydrogens is 406 g/mol. The average molecular weight is 434 g/mol. The number of rotatable bonds is 7. The van der Waals surface area contributed by atoms with Crippen LogP contribution in [-0.4, -0.2) is 42.9 Å². The van der Waals surface area contributed by atoms with Crippen LogP contribution in [0.1, 0.15) is 24.0 Å². The lowest BCUT2D eigenvalue weighted by Gasteiger charge is -2.28. The van der Waals surface area contributed by atoms with E-state index in [-0.39, 0.29) is 6.03 Å². The van der Waals surface area contributed by atoms with Gasteiger partial charge >= 0.3 is 6.03 Å². The molecule has 0 unspecified atom stereocenters. The van der Waals surface area contributed by atoms with Crippen molar-refractivity contribution in [2.24, 2.45) is 0 Å². The molecule has 0 atom stereocenters. The van der Waals surface area contributed by atoms with Gasteiger partial charge in [0.2, 0.25) is 0 Å². The van der Waals surface area contributed by atoms with Gasteiger partial charge in [0.1, 0.15) is 23.4 Å². The number of ether oxygens (including phenoxy) is 2. The van der Waals surface area contributed by atoms with Crippen LogP contribution in [0.4, 0.5) is 10.5 Å². The number of hydrogen-bond donors (Lipinski definition) is 1. The van der Waals surface area contributed by atoms with Crippen molar-refractivity contribution in [3.8, 4) is 11.5 Å². The largest absolute Gasteiger partial charge is 0.497 e. The average Bonchev–Trinajstić information content (AvgIpc) is 3.33. The Kier molecular flexibility index (Phi) is 7.07. The number of nitrogens with zero attached hydrogens (tertiary/aromatic N) is 2. The van der Waals surface area contributed by atoms with Crippen LogP contribution in [0.3, 0.4) is 0 Å². The van der Waals surface area contributed by atoms with Crippen molar-refractivity contribution in [3.05, 3.63) is 77.7 Å². The Labute approximate surface area is 187 Å².